The van der Waals surface area contributed by atoms with Gasteiger partial charge in [-0.2, -0.15) is 0 Å². The average Bonchev–Trinajstić information content (AvgIpc) is 1.39. The van der Waals surface area contributed by atoms with Crippen LogP contribution in [0.5, 0.6) is 0 Å². The van der Waals surface area contributed by atoms with Crippen LogP contribution in [0.2, 0.25) is 52.4 Å². The zero-order valence-corrected chi connectivity index (χ0v) is 78.3. The van der Waals surface area contributed by atoms with Crippen LogP contribution < -0.4 is 72.1 Å². The minimum atomic E-state index is -1.81. The van der Waals surface area contributed by atoms with Gasteiger partial charge in [-0.15, -0.1) is 0 Å². The number of hydrogen-bond acceptors (Lipinski definition) is 11. The van der Waals surface area contributed by atoms with E-state index in [9.17, 15) is 24.0 Å². The summed E-state index contributed by atoms with van der Waals surface area (Å²) in [5.41, 5.74) is 10.6. The van der Waals surface area contributed by atoms with Gasteiger partial charge >= 0.3 is 549 Å². The third-order valence-electron chi connectivity index (χ3n) is 20.2. The van der Waals surface area contributed by atoms with Gasteiger partial charge in [-0.05, 0) is 34.7 Å². The fraction of sp³-hybridized carbons (Fsp3) is 0.131. The quantitative estimate of drug-likeness (QED) is 0.0289. The summed E-state index contributed by atoms with van der Waals surface area (Å²) in [6, 6.07) is 87.5. The summed E-state index contributed by atoms with van der Waals surface area (Å²) in [6.07, 6.45) is 2.66. The Balaban J connectivity index is 0.000000121. The van der Waals surface area contributed by atoms with Crippen molar-refractivity contribution in [2.75, 3.05) is 34.1 Å². The van der Waals surface area contributed by atoms with Crippen LogP contribution in [0.3, 0.4) is 0 Å². The number of anilines is 11. The fourth-order valence-electron chi connectivity index (χ4n) is 14.5. The van der Waals surface area contributed by atoms with Crippen LogP contribution in [-0.2, 0) is 19.2 Å². The van der Waals surface area contributed by atoms with E-state index in [1.165, 1.54) is 105 Å². The van der Waals surface area contributed by atoms with Crippen molar-refractivity contribution in [1.82, 2.24) is 20.4 Å². The van der Waals surface area contributed by atoms with Crippen molar-refractivity contribution < 1.29 is 24.0 Å². The Morgan fingerprint density at radius 1 is 0.389 bits per heavy atom. The van der Waals surface area contributed by atoms with Gasteiger partial charge in [0, 0.05) is 18.4 Å². The van der Waals surface area contributed by atoms with E-state index in [4.69, 9.17) is 12.2 Å². The molecule has 2 fully saturated rings. The molecular weight excluding hydrogens is 2010 g/mol. The normalized spacial score (nSPS) is 16.3. The summed E-state index contributed by atoms with van der Waals surface area (Å²) in [4.78, 5) is 67.3. The molecule has 0 bridgehead atoms. The molecule has 0 atom stereocenters. The summed E-state index contributed by atoms with van der Waals surface area (Å²) in [7, 11) is -3.48. The summed E-state index contributed by atoms with van der Waals surface area (Å²) in [5, 5.41) is 20.7. The van der Waals surface area contributed by atoms with E-state index in [-0.39, 0.29) is 80.8 Å². The van der Waals surface area contributed by atoms with Crippen molar-refractivity contribution in [3.63, 3.8) is 0 Å². The molecule has 3 N–H and O–H groups in total. The molecule has 4 amide bonds. The Hall–Kier alpha value is -6.89. The van der Waals surface area contributed by atoms with Gasteiger partial charge in [0.25, 0.3) is 0 Å². The van der Waals surface area contributed by atoms with Crippen LogP contribution in [0.15, 0.2) is 256 Å². The van der Waals surface area contributed by atoms with E-state index >= 15 is 0 Å². The van der Waals surface area contributed by atoms with Crippen molar-refractivity contribution in [2.24, 2.45) is 0 Å². The number of amides is 4. The molecule has 0 aliphatic carbocycles. The molecule has 13 nitrogen and oxygen atoms in total. The van der Waals surface area contributed by atoms with Crippen LogP contribution in [0.1, 0.15) is 18.4 Å². The topological polar surface area (TPSA) is 138 Å². The van der Waals surface area contributed by atoms with Crippen LogP contribution in [-0.4, -0.2) is 178 Å². The predicted octanol–water partition coefficient (Wildman–Crippen LogP) is 12.3. The molecule has 0 saturated carbocycles. The van der Waals surface area contributed by atoms with Gasteiger partial charge in [-0.25, -0.2) is 0 Å². The van der Waals surface area contributed by atoms with E-state index in [1.807, 2.05) is 12.1 Å². The van der Waals surface area contributed by atoms with E-state index in [0.717, 1.165) is 13.4 Å². The first-order valence-corrected chi connectivity index (χ1v) is 58.6. The van der Waals surface area contributed by atoms with Gasteiger partial charge in [-0.3, -0.25) is 14.5 Å². The summed E-state index contributed by atoms with van der Waals surface area (Å²) in [6.45, 7) is 19.5. The Kier molecular flexibility index (Phi) is 24.6. The minimum absolute atomic E-state index is 0.101. The van der Waals surface area contributed by atoms with Crippen molar-refractivity contribution in [1.29, 1.82) is 0 Å². The SMILES string of the molecule is CN1C(=O)/C(=C/c2ccc(N3c4ccccc4[Si](C)(C)c4ccccc43)[te]2)C(=O)NC1=S.CN1C(=O)CC(=O)NC1=S.C[Si]1(C)c2ccccc2N(c2ccc(C=O)[te]2)c2ccccc21.C[Si]1(C)c2ccccc2N(c2ccc[te]2)c2ccccc21.C[Si]1(C)c2ccccc2Nc2ccccc21.Ic1ccc[te]1. The number of carbonyl (C=O) groups is 5. The van der Waals surface area contributed by atoms with Crippen molar-refractivity contribution in [2.45, 2.75) is 58.8 Å². The molecule has 8 aromatic carbocycles. The standard InChI is InChI=1S/C24H21N3O2SSiTe.C19H17NOSiTe.C18H17NSiTe.C14H15NSi.C5H6N2O2S.C4H3ITe/c1-26-23(29)16(22(28)25-24(26)30)14-15-12-13-21(32-15)27-17-8-4-6-10-19(17)31(2,3)20-11-7-5-9-18(20)27;1-22(2)17-9-5-3-7-15(17)20(16-8-4-6-10-18(16)22)19-12-11-14(13-21)23-19;1-20(2)16-10-5-3-8-14(16)19(18-12-7-13-21-18)15-9-4-6-11-17(15)20;1-16(2)13-9-5-3-7-11(13)15-12-8-4-6-10-14(12)16;1-7-4(9)2-3(8)6-5(7)10;5-4-2-1-3-6-4/h4-14H,1-3H3,(H,25,28,30);3-13H,1-2H3;3-13H,1-2H3;3-10,15H,1-2H3;2H2,1H3,(H,6,8,10);1-3H/b16-14+;;;;;. The average molecular weight is 2090 g/mol. The number of benzene rings is 8. The molecule has 0 spiro atoms. The number of likely N-dealkylation sites (N-methyl/N-ethyl adjacent to an activating group) is 1. The third-order valence-corrected chi connectivity index (χ3v) is 47.3. The predicted molar refractivity (Wildman–Crippen MR) is 478 cm³/mol. The number of carbonyl (C=O) groups excluding carboxylic acids is 5. The Morgan fingerprint density at radius 3 is 1.10 bits per heavy atom. The van der Waals surface area contributed by atoms with E-state index < -0.39 is 79.1 Å². The Bertz CT molecular complexity index is 5280. The number of hydrogen-bond donors (Lipinski definition) is 3. The first-order valence-electron chi connectivity index (χ1n) is 35.1. The first-order chi connectivity index (χ1) is 51.8. The number of nitrogens with one attached hydrogen (secondary N) is 3. The van der Waals surface area contributed by atoms with E-state index in [2.05, 4.69) is 357 Å². The van der Waals surface area contributed by atoms with Gasteiger partial charge in [0.15, 0.2) is 5.11 Å². The van der Waals surface area contributed by atoms with Crippen LogP contribution in [0.25, 0.3) is 6.08 Å². The number of fused-ring (bicyclic) bond motifs is 8. The van der Waals surface area contributed by atoms with Gasteiger partial charge in [0.1, 0.15) is 14.5 Å². The monoisotopic (exact) mass is 2100 g/mol. The zero-order chi connectivity index (χ0) is 76.4. The first kappa shape index (κ1) is 79.2. The molecule has 10 heterocycles. The van der Waals surface area contributed by atoms with Gasteiger partial charge in [-0.1, -0.05) is 49.5 Å². The number of nitrogens with zero attached hydrogens (tertiary/aromatic N) is 5. The Labute approximate surface area is 699 Å². The molecule has 108 heavy (non-hydrogen) atoms. The molecule has 24 heteroatoms. The second kappa shape index (κ2) is 33.6. The number of aldehydes is 1. The van der Waals surface area contributed by atoms with E-state index in [0.29, 0.717) is 0 Å². The number of thiocarbonyl (C=S) groups is 2. The maximum absolute atomic E-state index is 12.6. The molecule has 18 rings (SSSR count). The number of halogens is 1. The molecule has 544 valence electrons. The molecule has 4 aromatic heterocycles. The second-order valence-electron chi connectivity index (χ2n) is 28.3. The molecule has 2 saturated heterocycles. The fourth-order valence-corrected chi connectivity index (χ4v) is 36.7. The summed E-state index contributed by atoms with van der Waals surface area (Å²) in [5.74, 6) is -1.37. The Morgan fingerprint density at radius 2 is 0.741 bits per heavy atom. The number of para-hydroxylation sites is 8. The van der Waals surface area contributed by atoms with Crippen LogP contribution in [0.4, 0.5) is 56.6 Å². The summed E-state index contributed by atoms with van der Waals surface area (Å²) >= 11 is 10.7. The zero-order valence-electron chi connectivity index (χ0n) is 61.2. The molecular formula is C84H79IN8O5S2Si4Te4. The molecule has 12 aromatic rings. The maximum atomic E-state index is 12.6. The molecule has 0 unspecified atom stereocenters. The number of rotatable bonds is 5. The summed E-state index contributed by atoms with van der Waals surface area (Å²) < 4.78 is 12.3. The third kappa shape index (κ3) is 16.1. The molecule has 6 aliphatic heterocycles. The van der Waals surface area contributed by atoms with Crippen molar-refractivity contribution in [3.8, 4) is 0 Å². The van der Waals surface area contributed by atoms with Gasteiger partial charge < -0.3 is 10.6 Å². The van der Waals surface area contributed by atoms with Crippen molar-refractivity contribution >= 4 is 305 Å². The van der Waals surface area contributed by atoms with Crippen LogP contribution in [0, 0.1) is 1.59 Å². The van der Waals surface area contributed by atoms with Gasteiger partial charge in [0.2, 0.25) is 11.8 Å². The van der Waals surface area contributed by atoms with Gasteiger partial charge in [0.05, 0.1) is 0 Å². The van der Waals surface area contributed by atoms with Crippen molar-refractivity contribution in [3.05, 3.63) is 265 Å². The van der Waals surface area contributed by atoms with E-state index in [1.54, 1.807) is 25.1 Å². The molecule has 6 aliphatic rings. The molecule has 0 radical (unpaired) electrons. The second-order valence-corrected chi connectivity index (χ2v) is 61.4. The van der Waals surface area contributed by atoms with Crippen LogP contribution >= 0.6 is 47.0 Å².